The monoisotopic (exact) mass is 469 g/mol. The Morgan fingerprint density at radius 2 is 1.61 bits per heavy atom. The molecule has 0 spiro atoms. The molecule has 0 aliphatic heterocycles. The predicted molar refractivity (Wildman–Crippen MR) is 126 cm³/mol. The molecule has 3 aromatic rings. The van der Waals surface area contributed by atoms with Gasteiger partial charge in [-0.25, -0.2) is 4.79 Å². The molecule has 0 saturated heterocycles. The van der Waals surface area contributed by atoms with Gasteiger partial charge in [0.15, 0.2) is 11.5 Å². The molecule has 0 aliphatic carbocycles. The topological polar surface area (TPSA) is 83.1 Å². The van der Waals surface area contributed by atoms with Crippen molar-refractivity contribution in [2.24, 2.45) is 0 Å². The quantitative estimate of drug-likeness (QED) is 0.344. The predicted octanol–water partition coefficient (Wildman–Crippen LogP) is 5.15. The Hall–Kier alpha value is -3.71. The Bertz CT molecular complexity index is 1150. The third-order valence-corrected chi connectivity index (χ3v) is 5.01. The lowest BCUT2D eigenvalue weighted by molar-refractivity contribution is 0.0451. The smallest absolute Gasteiger partial charge is 0.340 e. The molecule has 3 aromatic carbocycles. The molecule has 0 atom stereocenters. The fraction of sp³-hybridized carbons (Fsp3) is 0.200. The van der Waals surface area contributed by atoms with Crippen LogP contribution in [-0.2, 0) is 4.74 Å². The van der Waals surface area contributed by atoms with Gasteiger partial charge in [0, 0.05) is 12.1 Å². The van der Waals surface area contributed by atoms with Gasteiger partial charge in [0.05, 0.1) is 36.1 Å². The van der Waals surface area contributed by atoms with Gasteiger partial charge < -0.3 is 24.3 Å². The van der Waals surface area contributed by atoms with E-state index in [0.717, 1.165) is 5.56 Å². The summed E-state index contributed by atoms with van der Waals surface area (Å²) in [4.78, 5) is 25.6. The maximum absolute atomic E-state index is 12.8. The van der Waals surface area contributed by atoms with Crippen LogP contribution < -0.4 is 19.5 Å². The SMILES string of the molecule is COc1cc(NC(=O)c2ccccc2Cl)c(C(=O)OCCOc2cccc(C)c2)cc1OC. The van der Waals surface area contributed by atoms with Crippen molar-refractivity contribution < 1.29 is 28.5 Å². The van der Waals surface area contributed by atoms with Crippen LogP contribution in [0.15, 0.2) is 60.7 Å². The standard InChI is InChI=1S/C25H24ClNO6/c1-16-7-6-8-17(13-16)32-11-12-33-25(29)19-14-22(30-2)23(31-3)15-21(19)27-24(28)18-9-4-5-10-20(18)26/h4-10,13-15H,11-12H2,1-3H3,(H,27,28). The van der Waals surface area contributed by atoms with Crippen molar-refractivity contribution in [2.75, 3.05) is 32.8 Å². The summed E-state index contributed by atoms with van der Waals surface area (Å²) >= 11 is 6.13. The van der Waals surface area contributed by atoms with Crippen molar-refractivity contribution in [1.82, 2.24) is 0 Å². The number of hydrogen-bond acceptors (Lipinski definition) is 6. The zero-order valence-corrected chi connectivity index (χ0v) is 19.3. The van der Waals surface area contributed by atoms with Crippen LogP contribution in [0.3, 0.4) is 0 Å². The van der Waals surface area contributed by atoms with Gasteiger partial charge in [0.25, 0.3) is 5.91 Å². The molecular formula is C25H24ClNO6. The number of anilines is 1. The summed E-state index contributed by atoms with van der Waals surface area (Å²) in [7, 11) is 2.91. The number of hydrogen-bond donors (Lipinski definition) is 1. The van der Waals surface area contributed by atoms with E-state index in [1.165, 1.54) is 26.4 Å². The first-order valence-electron chi connectivity index (χ1n) is 10.1. The Kier molecular flexibility index (Phi) is 8.16. The molecule has 33 heavy (non-hydrogen) atoms. The molecule has 172 valence electrons. The lowest BCUT2D eigenvalue weighted by atomic mass is 10.1. The van der Waals surface area contributed by atoms with Crippen molar-refractivity contribution in [1.29, 1.82) is 0 Å². The van der Waals surface area contributed by atoms with E-state index >= 15 is 0 Å². The molecule has 7 nitrogen and oxygen atoms in total. The molecule has 1 amide bonds. The number of carbonyl (C=O) groups excluding carboxylic acids is 2. The summed E-state index contributed by atoms with van der Waals surface area (Å²) < 4.78 is 21.6. The fourth-order valence-electron chi connectivity index (χ4n) is 3.06. The third-order valence-electron chi connectivity index (χ3n) is 4.69. The van der Waals surface area contributed by atoms with E-state index in [1.807, 2.05) is 31.2 Å². The first-order valence-corrected chi connectivity index (χ1v) is 10.5. The van der Waals surface area contributed by atoms with Crippen LogP contribution in [0.25, 0.3) is 0 Å². The van der Waals surface area contributed by atoms with Crippen LogP contribution in [0.1, 0.15) is 26.3 Å². The summed E-state index contributed by atoms with van der Waals surface area (Å²) in [5.74, 6) is 0.204. The minimum atomic E-state index is -0.654. The highest BCUT2D eigenvalue weighted by Gasteiger charge is 2.21. The van der Waals surface area contributed by atoms with Crippen molar-refractivity contribution >= 4 is 29.2 Å². The van der Waals surface area contributed by atoms with Gasteiger partial charge in [-0.05, 0) is 36.8 Å². The van der Waals surface area contributed by atoms with Crippen LogP contribution in [-0.4, -0.2) is 39.3 Å². The summed E-state index contributed by atoms with van der Waals surface area (Å²) in [6.07, 6.45) is 0. The van der Waals surface area contributed by atoms with E-state index < -0.39 is 11.9 Å². The highest BCUT2D eigenvalue weighted by Crippen LogP contribution is 2.34. The van der Waals surface area contributed by atoms with E-state index in [0.29, 0.717) is 17.2 Å². The molecule has 1 N–H and O–H groups in total. The zero-order chi connectivity index (χ0) is 23.8. The maximum atomic E-state index is 12.8. The molecule has 8 heteroatoms. The number of ether oxygens (including phenoxy) is 4. The van der Waals surface area contributed by atoms with Gasteiger partial charge in [0.1, 0.15) is 19.0 Å². The zero-order valence-electron chi connectivity index (χ0n) is 18.5. The Labute approximate surface area is 197 Å². The molecule has 0 heterocycles. The third kappa shape index (κ3) is 6.17. The molecule has 0 bridgehead atoms. The maximum Gasteiger partial charge on any atom is 0.340 e. The number of halogens is 1. The summed E-state index contributed by atoms with van der Waals surface area (Å²) in [5, 5.41) is 2.99. The largest absolute Gasteiger partial charge is 0.493 e. The average molecular weight is 470 g/mol. The number of methoxy groups -OCH3 is 2. The van der Waals surface area contributed by atoms with Crippen LogP contribution in [0, 0.1) is 6.92 Å². The van der Waals surface area contributed by atoms with E-state index in [2.05, 4.69) is 5.32 Å². The summed E-state index contributed by atoms with van der Waals surface area (Å²) in [5.41, 5.74) is 1.62. The van der Waals surface area contributed by atoms with Gasteiger partial charge in [-0.1, -0.05) is 35.9 Å². The molecule has 0 radical (unpaired) electrons. The lowest BCUT2D eigenvalue weighted by Gasteiger charge is -2.16. The Morgan fingerprint density at radius 3 is 2.30 bits per heavy atom. The summed E-state index contributed by atoms with van der Waals surface area (Å²) in [6, 6.07) is 17.1. The minimum Gasteiger partial charge on any atom is -0.493 e. The van der Waals surface area contributed by atoms with E-state index in [1.54, 1.807) is 24.3 Å². The first kappa shape index (κ1) is 23.9. The second kappa shape index (κ2) is 11.2. The molecule has 0 saturated carbocycles. The minimum absolute atomic E-state index is 0.0129. The van der Waals surface area contributed by atoms with Crippen LogP contribution in [0.2, 0.25) is 5.02 Å². The van der Waals surface area contributed by atoms with E-state index in [-0.39, 0.29) is 35.1 Å². The second-order valence-electron chi connectivity index (χ2n) is 6.99. The number of aryl methyl sites for hydroxylation is 1. The lowest BCUT2D eigenvalue weighted by Crippen LogP contribution is -2.18. The molecule has 0 aliphatic rings. The molecule has 0 unspecified atom stereocenters. The highest BCUT2D eigenvalue weighted by molar-refractivity contribution is 6.34. The van der Waals surface area contributed by atoms with Crippen LogP contribution >= 0.6 is 11.6 Å². The van der Waals surface area contributed by atoms with E-state index in [4.69, 9.17) is 30.5 Å². The molecule has 0 fully saturated rings. The van der Waals surface area contributed by atoms with Gasteiger partial charge in [-0.2, -0.15) is 0 Å². The van der Waals surface area contributed by atoms with Crippen LogP contribution in [0.4, 0.5) is 5.69 Å². The Balaban J connectivity index is 1.76. The first-order chi connectivity index (χ1) is 15.9. The van der Waals surface area contributed by atoms with Crippen LogP contribution in [0.5, 0.6) is 17.2 Å². The van der Waals surface area contributed by atoms with Gasteiger partial charge in [-0.3, -0.25) is 4.79 Å². The number of amides is 1. The summed E-state index contributed by atoms with van der Waals surface area (Å²) in [6.45, 7) is 2.14. The van der Waals surface area contributed by atoms with Gasteiger partial charge >= 0.3 is 5.97 Å². The second-order valence-corrected chi connectivity index (χ2v) is 7.39. The fourth-order valence-corrected chi connectivity index (χ4v) is 3.28. The number of rotatable bonds is 9. The average Bonchev–Trinajstić information content (AvgIpc) is 2.81. The van der Waals surface area contributed by atoms with Crippen molar-refractivity contribution in [3.05, 3.63) is 82.4 Å². The number of esters is 1. The molecule has 3 rings (SSSR count). The number of benzene rings is 3. The van der Waals surface area contributed by atoms with Crippen molar-refractivity contribution in [3.63, 3.8) is 0 Å². The normalized spacial score (nSPS) is 10.3. The van der Waals surface area contributed by atoms with Gasteiger partial charge in [-0.15, -0.1) is 0 Å². The molecule has 0 aromatic heterocycles. The van der Waals surface area contributed by atoms with E-state index in [9.17, 15) is 9.59 Å². The highest BCUT2D eigenvalue weighted by atomic mass is 35.5. The number of nitrogens with one attached hydrogen (secondary N) is 1. The Morgan fingerprint density at radius 1 is 0.879 bits per heavy atom. The molecular weight excluding hydrogens is 446 g/mol. The van der Waals surface area contributed by atoms with Gasteiger partial charge in [0.2, 0.25) is 0 Å². The number of carbonyl (C=O) groups is 2. The van der Waals surface area contributed by atoms with Crippen molar-refractivity contribution in [2.45, 2.75) is 6.92 Å². The van der Waals surface area contributed by atoms with Crippen molar-refractivity contribution in [3.8, 4) is 17.2 Å².